The van der Waals surface area contributed by atoms with Gasteiger partial charge >= 0.3 is 0 Å². The van der Waals surface area contributed by atoms with Gasteiger partial charge in [-0.1, -0.05) is 18.2 Å². The Labute approximate surface area is 107 Å². The van der Waals surface area contributed by atoms with Crippen LogP contribution in [0.3, 0.4) is 0 Å². The molecule has 1 N–H and O–H groups in total. The summed E-state index contributed by atoms with van der Waals surface area (Å²) in [6.07, 6.45) is 0. The quantitative estimate of drug-likeness (QED) is 0.891. The highest BCUT2D eigenvalue weighted by atomic mass is 19.1. The molecule has 1 atom stereocenters. The molecule has 18 heavy (non-hydrogen) atoms. The third kappa shape index (κ3) is 3.37. The second kappa shape index (κ2) is 5.74. The maximum Gasteiger partial charge on any atom is 0.123 e. The Morgan fingerprint density at radius 3 is 2.72 bits per heavy atom. The summed E-state index contributed by atoms with van der Waals surface area (Å²) < 4.78 is 13.1. The molecular formula is C15H17FN2. The molecule has 0 saturated heterocycles. The first kappa shape index (κ1) is 12.7. The van der Waals surface area contributed by atoms with E-state index in [-0.39, 0.29) is 11.9 Å². The van der Waals surface area contributed by atoms with Crippen molar-refractivity contribution < 1.29 is 4.39 Å². The molecule has 94 valence electrons. The first-order valence-electron chi connectivity index (χ1n) is 6.06. The van der Waals surface area contributed by atoms with Crippen LogP contribution < -0.4 is 5.32 Å². The number of aryl methyl sites for hydroxylation is 1. The predicted octanol–water partition coefficient (Wildman–Crippen LogP) is 3.38. The van der Waals surface area contributed by atoms with Crippen molar-refractivity contribution in [2.45, 2.75) is 26.4 Å². The normalized spacial score (nSPS) is 12.4. The van der Waals surface area contributed by atoms with Crippen molar-refractivity contribution in [3.05, 3.63) is 65.2 Å². The van der Waals surface area contributed by atoms with E-state index >= 15 is 0 Å². The first-order chi connectivity index (χ1) is 8.65. The molecule has 0 amide bonds. The molecule has 0 aliphatic carbocycles. The number of nitrogens with one attached hydrogen (secondary N) is 1. The predicted molar refractivity (Wildman–Crippen MR) is 70.6 cm³/mol. The zero-order valence-electron chi connectivity index (χ0n) is 10.7. The number of benzene rings is 1. The maximum atomic E-state index is 13.1. The lowest BCUT2D eigenvalue weighted by Gasteiger charge is -2.14. The van der Waals surface area contributed by atoms with Gasteiger partial charge in [-0.25, -0.2) is 4.39 Å². The second-order valence-corrected chi connectivity index (χ2v) is 4.43. The SMILES string of the molecule is Cc1cccc(CN[C@@H](C)c2cccc(F)c2)n1. The second-order valence-electron chi connectivity index (χ2n) is 4.43. The molecule has 0 aliphatic rings. The van der Waals surface area contributed by atoms with Crippen LogP contribution in [-0.2, 0) is 6.54 Å². The van der Waals surface area contributed by atoms with Crippen LogP contribution in [0.2, 0.25) is 0 Å². The van der Waals surface area contributed by atoms with Gasteiger partial charge in [0.05, 0.1) is 5.69 Å². The zero-order valence-corrected chi connectivity index (χ0v) is 10.7. The summed E-state index contributed by atoms with van der Waals surface area (Å²) >= 11 is 0. The number of rotatable bonds is 4. The van der Waals surface area contributed by atoms with Gasteiger partial charge in [0.2, 0.25) is 0 Å². The van der Waals surface area contributed by atoms with Crippen molar-refractivity contribution >= 4 is 0 Å². The van der Waals surface area contributed by atoms with E-state index in [1.54, 1.807) is 12.1 Å². The minimum absolute atomic E-state index is 0.100. The standard InChI is InChI=1S/C15H17FN2/c1-11-5-3-8-15(18-11)10-17-12(2)13-6-4-7-14(16)9-13/h3-9,12,17H,10H2,1-2H3/t12-/m0/s1. The molecule has 0 bridgehead atoms. The van der Waals surface area contributed by atoms with Gasteiger partial charge in [0, 0.05) is 18.3 Å². The minimum Gasteiger partial charge on any atom is -0.305 e. The third-order valence-corrected chi connectivity index (χ3v) is 2.88. The van der Waals surface area contributed by atoms with Crippen molar-refractivity contribution in [2.24, 2.45) is 0 Å². The van der Waals surface area contributed by atoms with Gasteiger partial charge in [-0.2, -0.15) is 0 Å². The summed E-state index contributed by atoms with van der Waals surface area (Å²) in [5.41, 5.74) is 2.95. The Bertz CT molecular complexity index is 525. The highest BCUT2D eigenvalue weighted by molar-refractivity contribution is 5.19. The van der Waals surface area contributed by atoms with E-state index in [1.807, 2.05) is 38.1 Å². The van der Waals surface area contributed by atoms with Gasteiger partial charge in [0.25, 0.3) is 0 Å². The fourth-order valence-corrected chi connectivity index (χ4v) is 1.85. The molecule has 0 fully saturated rings. The topological polar surface area (TPSA) is 24.9 Å². The average molecular weight is 244 g/mol. The molecule has 0 unspecified atom stereocenters. The molecule has 2 nitrogen and oxygen atoms in total. The monoisotopic (exact) mass is 244 g/mol. The molecule has 3 heteroatoms. The van der Waals surface area contributed by atoms with E-state index in [1.165, 1.54) is 6.07 Å². The number of hydrogen-bond donors (Lipinski definition) is 1. The van der Waals surface area contributed by atoms with E-state index in [4.69, 9.17) is 0 Å². The van der Waals surface area contributed by atoms with Gasteiger partial charge in [-0.15, -0.1) is 0 Å². The molecule has 1 heterocycles. The van der Waals surface area contributed by atoms with Crippen LogP contribution >= 0.6 is 0 Å². The number of hydrogen-bond acceptors (Lipinski definition) is 2. The number of nitrogens with zero attached hydrogens (tertiary/aromatic N) is 1. The summed E-state index contributed by atoms with van der Waals surface area (Å²) in [5, 5.41) is 3.34. The Balaban J connectivity index is 1.98. The molecule has 1 aromatic heterocycles. The van der Waals surface area contributed by atoms with Crippen LogP contribution in [0.1, 0.15) is 29.9 Å². The Morgan fingerprint density at radius 2 is 2.00 bits per heavy atom. The van der Waals surface area contributed by atoms with Crippen LogP contribution in [0, 0.1) is 12.7 Å². The fraction of sp³-hybridized carbons (Fsp3) is 0.267. The van der Waals surface area contributed by atoms with Gasteiger partial charge in [0.15, 0.2) is 0 Å². The van der Waals surface area contributed by atoms with Crippen molar-refractivity contribution in [1.82, 2.24) is 10.3 Å². The summed E-state index contributed by atoms with van der Waals surface area (Å²) in [6.45, 7) is 4.67. The summed E-state index contributed by atoms with van der Waals surface area (Å²) in [4.78, 5) is 4.42. The third-order valence-electron chi connectivity index (χ3n) is 2.88. The largest absolute Gasteiger partial charge is 0.305 e. The van der Waals surface area contributed by atoms with Crippen molar-refractivity contribution in [3.63, 3.8) is 0 Å². The van der Waals surface area contributed by atoms with E-state index in [2.05, 4.69) is 10.3 Å². The molecule has 0 aliphatic heterocycles. The van der Waals surface area contributed by atoms with Gasteiger partial charge < -0.3 is 5.32 Å². The molecule has 1 aromatic carbocycles. The minimum atomic E-state index is -0.199. The first-order valence-corrected chi connectivity index (χ1v) is 6.06. The molecular weight excluding hydrogens is 227 g/mol. The van der Waals surface area contributed by atoms with Crippen molar-refractivity contribution in [3.8, 4) is 0 Å². The van der Waals surface area contributed by atoms with E-state index in [0.717, 1.165) is 17.0 Å². The van der Waals surface area contributed by atoms with Crippen LogP contribution in [0.25, 0.3) is 0 Å². The van der Waals surface area contributed by atoms with Crippen molar-refractivity contribution in [2.75, 3.05) is 0 Å². The highest BCUT2D eigenvalue weighted by Crippen LogP contribution is 2.13. The fourth-order valence-electron chi connectivity index (χ4n) is 1.85. The molecule has 2 rings (SSSR count). The van der Waals surface area contributed by atoms with Crippen LogP contribution in [0.4, 0.5) is 4.39 Å². The Hall–Kier alpha value is -1.74. The number of aromatic nitrogens is 1. The van der Waals surface area contributed by atoms with Crippen LogP contribution in [-0.4, -0.2) is 4.98 Å². The lowest BCUT2D eigenvalue weighted by molar-refractivity contribution is 0.559. The molecule has 2 aromatic rings. The number of halogens is 1. The summed E-state index contributed by atoms with van der Waals surface area (Å²) in [5.74, 6) is -0.199. The lowest BCUT2D eigenvalue weighted by atomic mass is 10.1. The average Bonchev–Trinajstić information content (AvgIpc) is 2.36. The van der Waals surface area contributed by atoms with Crippen LogP contribution in [0.15, 0.2) is 42.5 Å². The Morgan fingerprint density at radius 1 is 1.22 bits per heavy atom. The molecule has 0 radical (unpaired) electrons. The molecule has 0 saturated carbocycles. The zero-order chi connectivity index (χ0) is 13.0. The Kier molecular flexibility index (Phi) is 4.05. The maximum absolute atomic E-state index is 13.1. The van der Waals surface area contributed by atoms with Gasteiger partial charge in [-0.05, 0) is 43.7 Å². The van der Waals surface area contributed by atoms with E-state index in [9.17, 15) is 4.39 Å². The van der Waals surface area contributed by atoms with E-state index < -0.39 is 0 Å². The smallest absolute Gasteiger partial charge is 0.123 e. The highest BCUT2D eigenvalue weighted by Gasteiger charge is 2.06. The van der Waals surface area contributed by atoms with E-state index in [0.29, 0.717) is 6.54 Å². The van der Waals surface area contributed by atoms with Crippen molar-refractivity contribution in [1.29, 1.82) is 0 Å². The summed E-state index contributed by atoms with van der Waals surface area (Å²) in [7, 11) is 0. The summed E-state index contributed by atoms with van der Waals surface area (Å²) in [6, 6.07) is 12.7. The van der Waals surface area contributed by atoms with Crippen LogP contribution in [0.5, 0.6) is 0 Å². The van der Waals surface area contributed by atoms with Gasteiger partial charge in [0.1, 0.15) is 5.82 Å². The molecule has 0 spiro atoms. The van der Waals surface area contributed by atoms with Gasteiger partial charge in [-0.3, -0.25) is 4.98 Å². The number of pyridine rings is 1. The lowest BCUT2D eigenvalue weighted by Crippen LogP contribution is -2.19.